The molecule has 24 heavy (non-hydrogen) atoms. The fraction of sp³-hybridized carbons (Fsp3) is 0.789. The number of hydrogen-bond acceptors (Lipinski definition) is 5. The Morgan fingerprint density at radius 3 is 2.79 bits per heavy atom. The number of rotatable bonds is 6. The summed E-state index contributed by atoms with van der Waals surface area (Å²) in [4.78, 5) is 6.11. The highest BCUT2D eigenvalue weighted by atomic mass is 32.1. The second kappa shape index (κ2) is 7.04. The Morgan fingerprint density at radius 1 is 1.42 bits per heavy atom. The maximum atomic E-state index is 10.3. The molecule has 0 aliphatic carbocycles. The zero-order chi connectivity index (χ0) is 17.5. The van der Waals surface area contributed by atoms with E-state index in [9.17, 15) is 5.11 Å². The van der Waals surface area contributed by atoms with Gasteiger partial charge < -0.3 is 20.2 Å². The fourth-order valence-corrected chi connectivity index (χ4v) is 5.96. The molecule has 0 aromatic carbocycles. The van der Waals surface area contributed by atoms with Crippen molar-refractivity contribution in [2.45, 2.75) is 38.4 Å². The third-order valence-corrected chi connectivity index (χ3v) is 6.73. The van der Waals surface area contributed by atoms with Crippen LogP contribution >= 0.6 is 11.3 Å². The summed E-state index contributed by atoms with van der Waals surface area (Å²) in [6.07, 6.45) is 1.05. The number of thiophene rings is 1. The Labute approximate surface area is 150 Å². The lowest BCUT2D eigenvalue weighted by Gasteiger charge is -2.35. The Kier molecular flexibility index (Phi) is 5.38. The standard InChI is InChI=1S/C19H33N3OS/c1-13(2)7-19(12-23)16-10-22(5)9-15(16)18(20-19)17-6-14(11-24-17)8-21(3)4/h6,11,13,15-16,18,20,23H,7-10,12H2,1-5H3/t15-,16+,18+,19+/m0/s1. The second-order valence-corrected chi connectivity index (χ2v) is 9.56. The molecule has 4 nitrogen and oxygen atoms in total. The van der Waals surface area contributed by atoms with Gasteiger partial charge in [-0.15, -0.1) is 11.3 Å². The predicted molar refractivity (Wildman–Crippen MR) is 101 cm³/mol. The van der Waals surface area contributed by atoms with E-state index in [1.54, 1.807) is 0 Å². The third-order valence-electron chi connectivity index (χ3n) is 5.66. The van der Waals surface area contributed by atoms with Gasteiger partial charge >= 0.3 is 0 Å². The molecule has 3 rings (SSSR count). The minimum Gasteiger partial charge on any atom is -0.394 e. The molecular formula is C19H33N3OS. The van der Waals surface area contributed by atoms with Crippen LogP contribution in [0.2, 0.25) is 0 Å². The summed E-state index contributed by atoms with van der Waals surface area (Å²) in [5.74, 6) is 1.73. The molecule has 1 aromatic rings. The van der Waals surface area contributed by atoms with Gasteiger partial charge in [0.2, 0.25) is 0 Å². The van der Waals surface area contributed by atoms with E-state index >= 15 is 0 Å². The van der Waals surface area contributed by atoms with E-state index in [2.05, 4.69) is 61.6 Å². The summed E-state index contributed by atoms with van der Waals surface area (Å²) in [5, 5.41) is 16.5. The number of likely N-dealkylation sites (tertiary alicyclic amines) is 1. The van der Waals surface area contributed by atoms with Gasteiger partial charge in [0, 0.05) is 36.1 Å². The van der Waals surface area contributed by atoms with Crippen molar-refractivity contribution in [2.75, 3.05) is 40.8 Å². The van der Waals surface area contributed by atoms with Crippen LogP contribution in [-0.4, -0.2) is 61.3 Å². The molecule has 2 saturated heterocycles. The van der Waals surface area contributed by atoms with Crippen molar-refractivity contribution >= 4 is 11.3 Å². The van der Waals surface area contributed by atoms with Crippen LogP contribution in [0.1, 0.15) is 36.8 Å². The molecule has 0 radical (unpaired) electrons. The monoisotopic (exact) mass is 351 g/mol. The highest BCUT2D eigenvalue weighted by molar-refractivity contribution is 7.10. The Balaban J connectivity index is 1.87. The van der Waals surface area contributed by atoms with Crippen LogP contribution in [-0.2, 0) is 6.54 Å². The van der Waals surface area contributed by atoms with Gasteiger partial charge in [-0.3, -0.25) is 0 Å². The molecule has 2 aliphatic rings. The summed E-state index contributed by atoms with van der Waals surface area (Å²) in [5.41, 5.74) is 1.27. The van der Waals surface area contributed by atoms with Gasteiger partial charge in [-0.2, -0.15) is 0 Å². The highest BCUT2D eigenvalue weighted by Gasteiger charge is 2.56. The summed E-state index contributed by atoms with van der Waals surface area (Å²) in [6.45, 7) is 7.99. The second-order valence-electron chi connectivity index (χ2n) is 8.62. The lowest BCUT2D eigenvalue weighted by Crippen LogP contribution is -2.51. The van der Waals surface area contributed by atoms with Crippen molar-refractivity contribution < 1.29 is 5.11 Å². The van der Waals surface area contributed by atoms with Crippen LogP contribution in [0.25, 0.3) is 0 Å². The average Bonchev–Trinajstić information content (AvgIpc) is 3.14. The quantitative estimate of drug-likeness (QED) is 0.826. The lowest BCUT2D eigenvalue weighted by molar-refractivity contribution is 0.109. The molecule has 0 bridgehead atoms. The normalized spacial score (nSPS) is 33.8. The average molecular weight is 352 g/mol. The molecule has 136 valence electrons. The van der Waals surface area contributed by atoms with Gasteiger partial charge in [0.1, 0.15) is 0 Å². The summed E-state index contributed by atoms with van der Waals surface area (Å²) >= 11 is 1.88. The van der Waals surface area contributed by atoms with Crippen LogP contribution < -0.4 is 5.32 Å². The van der Waals surface area contributed by atoms with E-state index in [1.165, 1.54) is 10.4 Å². The maximum Gasteiger partial charge on any atom is 0.0616 e. The number of nitrogens with one attached hydrogen (secondary N) is 1. The zero-order valence-corrected chi connectivity index (χ0v) is 16.6. The molecule has 0 amide bonds. The van der Waals surface area contributed by atoms with Crippen LogP contribution in [0.3, 0.4) is 0 Å². The predicted octanol–water partition coefficient (Wildman–Crippen LogP) is 2.41. The third kappa shape index (κ3) is 3.42. The number of fused-ring (bicyclic) bond motifs is 1. The largest absolute Gasteiger partial charge is 0.394 e. The van der Waals surface area contributed by atoms with E-state index < -0.39 is 0 Å². The Bertz CT molecular complexity index is 559. The molecule has 2 aliphatic heterocycles. The van der Waals surface area contributed by atoms with Crippen molar-refractivity contribution in [3.05, 3.63) is 21.9 Å². The first-order chi connectivity index (χ1) is 11.3. The smallest absolute Gasteiger partial charge is 0.0616 e. The van der Waals surface area contributed by atoms with Crippen molar-refractivity contribution in [1.29, 1.82) is 0 Å². The van der Waals surface area contributed by atoms with E-state index in [0.717, 1.165) is 26.1 Å². The number of nitrogens with zero attached hydrogens (tertiary/aromatic N) is 2. The molecule has 5 heteroatoms. The molecule has 4 atom stereocenters. The number of aliphatic hydroxyl groups excluding tert-OH is 1. The first-order valence-electron chi connectivity index (χ1n) is 9.14. The van der Waals surface area contributed by atoms with Gasteiger partial charge in [-0.1, -0.05) is 13.8 Å². The Morgan fingerprint density at radius 2 is 2.17 bits per heavy atom. The molecule has 0 spiro atoms. The zero-order valence-electron chi connectivity index (χ0n) is 15.7. The maximum absolute atomic E-state index is 10.3. The van der Waals surface area contributed by atoms with Crippen molar-refractivity contribution in [1.82, 2.24) is 15.1 Å². The summed E-state index contributed by atoms with van der Waals surface area (Å²) < 4.78 is 0. The van der Waals surface area contributed by atoms with E-state index in [0.29, 0.717) is 23.8 Å². The van der Waals surface area contributed by atoms with E-state index in [-0.39, 0.29) is 12.1 Å². The molecule has 1 aromatic heterocycles. The van der Waals surface area contributed by atoms with Crippen LogP contribution in [0, 0.1) is 17.8 Å². The highest BCUT2D eigenvalue weighted by Crippen LogP contribution is 2.49. The van der Waals surface area contributed by atoms with Crippen molar-refractivity contribution in [2.24, 2.45) is 17.8 Å². The Hall–Kier alpha value is -0.460. The van der Waals surface area contributed by atoms with Gasteiger partial charge in [0.25, 0.3) is 0 Å². The minimum absolute atomic E-state index is 0.125. The summed E-state index contributed by atoms with van der Waals surface area (Å²) in [7, 11) is 6.46. The minimum atomic E-state index is -0.125. The van der Waals surface area contributed by atoms with Crippen molar-refractivity contribution in [3.63, 3.8) is 0 Å². The molecule has 0 unspecified atom stereocenters. The van der Waals surface area contributed by atoms with E-state index in [4.69, 9.17) is 0 Å². The summed E-state index contributed by atoms with van der Waals surface area (Å²) in [6, 6.07) is 2.76. The van der Waals surface area contributed by atoms with Crippen LogP contribution in [0.15, 0.2) is 11.4 Å². The molecule has 3 heterocycles. The lowest BCUT2D eigenvalue weighted by atomic mass is 9.76. The van der Waals surface area contributed by atoms with Crippen molar-refractivity contribution in [3.8, 4) is 0 Å². The van der Waals surface area contributed by atoms with Crippen LogP contribution in [0.5, 0.6) is 0 Å². The van der Waals surface area contributed by atoms with Gasteiger partial charge in [0.05, 0.1) is 6.61 Å². The first kappa shape index (κ1) is 18.3. The van der Waals surface area contributed by atoms with Crippen LogP contribution in [0.4, 0.5) is 0 Å². The number of aliphatic hydroxyl groups is 1. The van der Waals surface area contributed by atoms with Gasteiger partial charge in [0.15, 0.2) is 0 Å². The molecular weight excluding hydrogens is 318 g/mol. The molecule has 2 N–H and O–H groups in total. The SMILES string of the molecule is CC(C)C[C@]1(CO)N[C@@H](c2cc(CN(C)C)cs2)[C@H]2CN(C)C[C@H]21. The van der Waals surface area contributed by atoms with Gasteiger partial charge in [-0.25, -0.2) is 0 Å². The molecule has 2 fully saturated rings. The first-order valence-corrected chi connectivity index (χ1v) is 10.0. The topological polar surface area (TPSA) is 38.7 Å². The molecule has 0 saturated carbocycles. The number of hydrogen-bond donors (Lipinski definition) is 2. The van der Waals surface area contributed by atoms with Gasteiger partial charge in [-0.05, 0) is 62.3 Å². The fourth-order valence-electron chi connectivity index (χ4n) is 4.93. The van der Waals surface area contributed by atoms with E-state index in [1.807, 2.05) is 11.3 Å².